The van der Waals surface area contributed by atoms with Crippen molar-refractivity contribution in [1.82, 2.24) is 9.88 Å². The number of aromatic nitrogens is 1. The molecule has 0 aliphatic heterocycles. The van der Waals surface area contributed by atoms with Crippen LogP contribution in [0.3, 0.4) is 0 Å². The van der Waals surface area contributed by atoms with Crippen LogP contribution in [-0.2, 0) is 9.53 Å². The number of aromatic carboxylic acids is 1. The maximum Gasteiger partial charge on any atom is 0.355 e. The van der Waals surface area contributed by atoms with Crippen molar-refractivity contribution in [3.8, 4) is 28.3 Å². The van der Waals surface area contributed by atoms with Crippen LogP contribution in [0.1, 0.15) is 17.4 Å². The number of urea groups is 1. The van der Waals surface area contributed by atoms with E-state index in [1.807, 2.05) is 0 Å². The Morgan fingerprint density at radius 1 is 1.12 bits per heavy atom. The summed E-state index contributed by atoms with van der Waals surface area (Å²) >= 11 is 6.30. The lowest BCUT2D eigenvalue weighted by Gasteiger charge is -2.12. The number of carboxylic acids is 1. The lowest BCUT2D eigenvalue weighted by molar-refractivity contribution is -0.141. The van der Waals surface area contributed by atoms with Crippen molar-refractivity contribution in [2.24, 2.45) is 0 Å². The number of hydrogen-bond acceptors (Lipinski definition) is 6. The van der Waals surface area contributed by atoms with Crippen molar-refractivity contribution < 1.29 is 34.1 Å². The number of carbonyl (C=O) groups excluding carboxylic acids is 2. The number of ether oxygens (including phenoxy) is 2. The maximum atomic E-state index is 12.1. The number of carboxylic acid groups (broad SMARTS) is 1. The highest BCUT2D eigenvalue weighted by molar-refractivity contribution is 6.31. The minimum Gasteiger partial charge on any atom is -0.504 e. The summed E-state index contributed by atoms with van der Waals surface area (Å²) in [6.07, 6.45) is 0. The van der Waals surface area contributed by atoms with Crippen LogP contribution in [0, 0.1) is 0 Å². The number of hydrogen-bond donors (Lipinski definition) is 4. The molecular weight excluding hydrogens is 466 g/mol. The monoisotopic (exact) mass is 487 g/mol. The highest BCUT2D eigenvalue weighted by Gasteiger charge is 2.23. The molecule has 11 heteroatoms. The molecule has 0 aliphatic rings. The number of methoxy groups -OCH3 is 1. The molecule has 0 aliphatic carbocycles. The number of anilines is 1. The molecule has 10 nitrogen and oxygen atoms in total. The first kappa shape index (κ1) is 24.5. The minimum atomic E-state index is -1.33. The minimum absolute atomic E-state index is 0.0247. The Hall–Kier alpha value is -4.18. The number of phenolic OH excluding ortho intramolecular Hbond substituents is 1. The normalized spacial score (nSPS) is 10.4. The Labute approximate surface area is 199 Å². The van der Waals surface area contributed by atoms with Gasteiger partial charge in [-0.3, -0.25) is 9.36 Å². The van der Waals surface area contributed by atoms with Gasteiger partial charge in [0, 0.05) is 17.3 Å². The Kier molecular flexibility index (Phi) is 7.64. The van der Waals surface area contributed by atoms with Crippen molar-refractivity contribution in [3.05, 3.63) is 59.4 Å². The highest BCUT2D eigenvalue weighted by atomic mass is 35.5. The quantitative estimate of drug-likeness (QED) is 0.353. The van der Waals surface area contributed by atoms with Gasteiger partial charge < -0.3 is 30.3 Å². The van der Waals surface area contributed by atoms with Crippen LogP contribution < -0.4 is 15.4 Å². The summed E-state index contributed by atoms with van der Waals surface area (Å²) in [6.45, 7) is 1.42. The summed E-state index contributed by atoms with van der Waals surface area (Å²) in [5.74, 6) is -1.67. The molecule has 1 heterocycles. The third kappa shape index (κ3) is 5.24. The fraction of sp³-hybridized carbons (Fsp3) is 0.174. The van der Waals surface area contributed by atoms with Crippen LogP contribution >= 0.6 is 11.6 Å². The molecule has 2 aromatic carbocycles. The zero-order valence-corrected chi connectivity index (χ0v) is 19.0. The predicted molar refractivity (Wildman–Crippen MR) is 125 cm³/mol. The summed E-state index contributed by atoms with van der Waals surface area (Å²) < 4.78 is 11.1. The summed E-state index contributed by atoms with van der Waals surface area (Å²) in [5.41, 5.74) is 1.26. The molecule has 0 unspecified atom stereocenters. The summed E-state index contributed by atoms with van der Waals surface area (Å²) in [6, 6.07) is 12.2. The average molecular weight is 488 g/mol. The van der Waals surface area contributed by atoms with Gasteiger partial charge >= 0.3 is 18.0 Å². The van der Waals surface area contributed by atoms with Crippen molar-refractivity contribution in [2.45, 2.75) is 6.92 Å². The predicted octanol–water partition coefficient (Wildman–Crippen LogP) is 3.89. The zero-order chi connectivity index (χ0) is 24.8. The van der Waals surface area contributed by atoms with Gasteiger partial charge in [0.05, 0.1) is 19.4 Å². The number of benzene rings is 2. The van der Waals surface area contributed by atoms with E-state index >= 15 is 0 Å². The number of amides is 2. The van der Waals surface area contributed by atoms with Gasteiger partial charge in [-0.25, -0.2) is 9.59 Å². The SMILES string of the molecule is CCOC(=O)CNC(=O)Nc1cc(Cl)n(-c2ccc(-c3cccc(OC)c3O)cc2)c1C(=O)O. The Balaban J connectivity index is 1.89. The smallest absolute Gasteiger partial charge is 0.355 e. The number of nitrogens with zero attached hydrogens (tertiary/aromatic N) is 1. The molecule has 0 radical (unpaired) electrons. The first-order chi connectivity index (χ1) is 16.3. The fourth-order valence-electron chi connectivity index (χ4n) is 3.28. The topological polar surface area (TPSA) is 139 Å². The van der Waals surface area contributed by atoms with E-state index < -0.39 is 18.0 Å². The van der Waals surface area contributed by atoms with E-state index in [-0.39, 0.29) is 35.4 Å². The molecular formula is C23H22ClN3O7. The second-order valence-corrected chi connectivity index (χ2v) is 7.27. The molecule has 4 N–H and O–H groups in total. The lowest BCUT2D eigenvalue weighted by atomic mass is 10.0. The fourth-order valence-corrected chi connectivity index (χ4v) is 3.57. The second kappa shape index (κ2) is 10.6. The third-order valence-corrected chi connectivity index (χ3v) is 5.04. The van der Waals surface area contributed by atoms with Gasteiger partial charge in [-0.2, -0.15) is 0 Å². The van der Waals surface area contributed by atoms with Crippen molar-refractivity contribution in [1.29, 1.82) is 0 Å². The van der Waals surface area contributed by atoms with Gasteiger partial charge in [-0.1, -0.05) is 35.9 Å². The molecule has 0 saturated carbocycles. The number of nitrogens with one attached hydrogen (secondary N) is 2. The number of aromatic hydroxyl groups is 1. The molecule has 0 bridgehead atoms. The van der Waals surface area contributed by atoms with Gasteiger partial charge in [0.1, 0.15) is 11.7 Å². The van der Waals surface area contributed by atoms with Crippen LogP contribution in [0.2, 0.25) is 5.15 Å². The average Bonchev–Trinajstić information content (AvgIpc) is 3.14. The summed E-state index contributed by atoms with van der Waals surface area (Å²) in [5, 5.41) is 24.9. The second-order valence-electron chi connectivity index (χ2n) is 6.89. The van der Waals surface area contributed by atoms with Gasteiger partial charge in [-0.05, 0) is 30.7 Å². The van der Waals surface area contributed by atoms with E-state index in [1.165, 1.54) is 17.7 Å². The van der Waals surface area contributed by atoms with Gasteiger partial charge in [0.2, 0.25) is 0 Å². The van der Waals surface area contributed by atoms with Crippen LogP contribution in [0.15, 0.2) is 48.5 Å². The first-order valence-electron chi connectivity index (χ1n) is 10.1. The molecule has 34 heavy (non-hydrogen) atoms. The van der Waals surface area contributed by atoms with E-state index in [0.29, 0.717) is 22.6 Å². The molecule has 1 aromatic heterocycles. The van der Waals surface area contributed by atoms with Crippen molar-refractivity contribution in [2.75, 3.05) is 25.6 Å². The number of esters is 1. The molecule has 3 aromatic rings. The molecule has 0 atom stereocenters. The van der Waals surface area contributed by atoms with E-state index in [0.717, 1.165) is 0 Å². The standard InChI is InChI=1S/C23H22ClN3O7/c1-3-34-19(28)12-25-23(32)26-16-11-18(24)27(20(16)22(30)31)14-9-7-13(8-10-14)15-5-4-6-17(33-2)21(15)29/h4-11,29H,3,12H2,1-2H3,(H,30,31)(H2,25,26,32). The lowest BCUT2D eigenvalue weighted by Crippen LogP contribution is -2.34. The largest absolute Gasteiger partial charge is 0.504 e. The molecule has 2 amide bonds. The number of para-hydroxylation sites is 1. The zero-order valence-electron chi connectivity index (χ0n) is 18.3. The van der Waals surface area contributed by atoms with Crippen molar-refractivity contribution in [3.63, 3.8) is 0 Å². The van der Waals surface area contributed by atoms with Crippen LogP contribution in [0.4, 0.5) is 10.5 Å². The first-order valence-corrected chi connectivity index (χ1v) is 10.5. The molecule has 0 saturated heterocycles. The number of carbonyl (C=O) groups is 3. The van der Waals surface area contributed by atoms with Gasteiger partial charge in [0.25, 0.3) is 0 Å². The highest BCUT2D eigenvalue weighted by Crippen LogP contribution is 2.37. The van der Waals surface area contributed by atoms with Crippen LogP contribution in [0.5, 0.6) is 11.5 Å². The van der Waals surface area contributed by atoms with Crippen LogP contribution in [0.25, 0.3) is 16.8 Å². The Morgan fingerprint density at radius 2 is 1.82 bits per heavy atom. The number of halogens is 1. The summed E-state index contributed by atoms with van der Waals surface area (Å²) in [4.78, 5) is 35.5. The van der Waals surface area contributed by atoms with Gasteiger partial charge in [-0.15, -0.1) is 0 Å². The van der Waals surface area contributed by atoms with E-state index in [2.05, 4.69) is 10.6 Å². The Morgan fingerprint density at radius 3 is 2.44 bits per heavy atom. The van der Waals surface area contributed by atoms with E-state index in [1.54, 1.807) is 49.4 Å². The van der Waals surface area contributed by atoms with Gasteiger partial charge in [0.15, 0.2) is 17.2 Å². The molecule has 3 rings (SSSR count). The van der Waals surface area contributed by atoms with E-state index in [9.17, 15) is 24.6 Å². The molecule has 0 fully saturated rings. The maximum absolute atomic E-state index is 12.1. The summed E-state index contributed by atoms with van der Waals surface area (Å²) in [7, 11) is 1.45. The Bertz CT molecular complexity index is 1220. The third-order valence-electron chi connectivity index (χ3n) is 4.76. The number of rotatable bonds is 8. The molecule has 178 valence electrons. The molecule has 0 spiro atoms. The number of phenols is 1. The van der Waals surface area contributed by atoms with Crippen LogP contribution in [-0.4, -0.2) is 53.0 Å². The van der Waals surface area contributed by atoms with E-state index in [4.69, 9.17) is 21.1 Å². The van der Waals surface area contributed by atoms with Crippen molar-refractivity contribution >= 4 is 35.3 Å².